The van der Waals surface area contributed by atoms with E-state index in [1.807, 2.05) is 0 Å². The lowest BCUT2D eigenvalue weighted by molar-refractivity contribution is -0.120. The van der Waals surface area contributed by atoms with E-state index < -0.39 is 17.7 Å². The van der Waals surface area contributed by atoms with E-state index in [9.17, 15) is 14.4 Å². The van der Waals surface area contributed by atoms with E-state index >= 15 is 0 Å². The van der Waals surface area contributed by atoms with Gasteiger partial charge in [0.2, 0.25) is 0 Å². The van der Waals surface area contributed by atoms with Gasteiger partial charge in [0, 0.05) is 11.8 Å². The summed E-state index contributed by atoms with van der Waals surface area (Å²) in [6, 6.07) is 7.55. The highest BCUT2D eigenvalue weighted by atomic mass is 35.5. The SMILES string of the molecule is O=C(CNC(=O)c1ccc(Cl)c(Cl)c1)NNC(=O)c1ccc[nH]1. The highest BCUT2D eigenvalue weighted by molar-refractivity contribution is 6.42. The third-order valence-electron chi connectivity index (χ3n) is 2.75. The van der Waals surface area contributed by atoms with Gasteiger partial charge in [0.05, 0.1) is 16.6 Å². The van der Waals surface area contributed by atoms with Crippen LogP contribution < -0.4 is 16.2 Å². The largest absolute Gasteiger partial charge is 0.357 e. The van der Waals surface area contributed by atoms with Gasteiger partial charge in [-0.25, -0.2) is 0 Å². The van der Waals surface area contributed by atoms with Crippen molar-refractivity contribution in [3.63, 3.8) is 0 Å². The van der Waals surface area contributed by atoms with Gasteiger partial charge in [-0.05, 0) is 30.3 Å². The number of benzene rings is 1. The summed E-state index contributed by atoms with van der Waals surface area (Å²) in [6.07, 6.45) is 1.58. The number of hydrazine groups is 1. The Hall–Kier alpha value is -2.51. The Kier molecular flexibility index (Phi) is 5.61. The highest BCUT2D eigenvalue weighted by Crippen LogP contribution is 2.22. The van der Waals surface area contributed by atoms with Gasteiger partial charge < -0.3 is 10.3 Å². The Bertz CT molecular complexity index is 732. The first kappa shape index (κ1) is 16.9. The number of rotatable bonds is 4. The number of aromatic nitrogens is 1. The second kappa shape index (κ2) is 7.66. The van der Waals surface area contributed by atoms with Crippen LogP contribution in [0.5, 0.6) is 0 Å². The standard InChI is InChI=1S/C14H12Cl2N4O3/c15-9-4-3-8(6-10(9)16)13(22)18-7-12(21)19-20-14(23)11-2-1-5-17-11/h1-6,17H,7H2,(H,18,22)(H,19,21)(H,20,23). The minimum atomic E-state index is -0.585. The number of amides is 3. The molecule has 0 unspecified atom stereocenters. The Morgan fingerprint density at radius 3 is 2.43 bits per heavy atom. The van der Waals surface area contributed by atoms with Gasteiger partial charge in [-0.3, -0.25) is 25.2 Å². The number of halogens is 2. The molecule has 23 heavy (non-hydrogen) atoms. The second-order valence-electron chi connectivity index (χ2n) is 4.40. The first-order valence-electron chi connectivity index (χ1n) is 6.43. The van der Waals surface area contributed by atoms with Crippen LogP contribution in [0, 0.1) is 0 Å². The smallest absolute Gasteiger partial charge is 0.286 e. The molecule has 2 rings (SSSR count). The van der Waals surface area contributed by atoms with Crippen molar-refractivity contribution in [1.29, 1.82) is 0 Å². The van der Waals surface area contributed by atoms with Crippen molar-refractivity contribution in [3.8, 4) is 0 Å². The minimum absolute atomic E-state index is 0.238. The first-order valence-corrected chi connectivity index (χ1v) is 7.19. The van der Waals surface area contributed by atoms with Gasteiger partial charge in [0.15, 0.2) is 0 Å². The minimum Gasteiger partial charge on any atom is -0.357 e. The maximum atomic E-state index is 11.9. The van der Waals surface area contributed by atoms with Gasteiger partial charge in [-0.1, -0.05) is 23.2 Å². The molecule has 120 valence electrons. The number of H-pyrrole nitrogens is 1. The molecular weight excluding hydrogens is 343 g/mol. The molecular formula is C14H12Cl2N4O3. The molecule has 0 aliphatic carbocycles. The van der Waals surface area contributed by atoms with E-state index in [1.165, 1.54) is 18.2 Å². The molecule has 1 heterocycles. The molecule has 7 nitrogen and oxygen atoms in total. The summed E-state index contributed by atoms with van der Waals surface area (Å²) in [5.41, 5.74) is 4.95. The van der Waals surface area contributed by atoms with E-state index in [0.717, 1.165) is 0 Å². The lowest BCUT2D eigenvalue weighted by Crippen LogP contribution is -2.46. The van der Waals surface area contributed by atoms with E-state index in [2.05, 4.69) is 21.2 Å². The summed E-state index contributed by atoms with van der Waals surface area (Å²) >= 11 is 11.6. The van der Waals surface area contributed by atoms with Crippen molar-refractivity contribution in [2.45, 2.75) is 0 Å². The van der Waals surface area contributed by atoms with Crippen LogP contribution in [0.4, 0.5) is 0 Å². The number of nitrogens with one attached hydrogen (secondary N) is 4. The fraction of sp³-hybridized carbons (Fsp3) is 0.0714. The number of hydrogen-bond donors (Lipinski definition) is 4. The summed E-state index contributed by atoms with van der Waals surface area (Å²) in [6.45, 7) is -0.315. The van der Waals surface area contributed by atoms with Crippen LogP contribution in [0.3, 0.4) is 0 Å². The van der Waals surface area contributed by atoms with Crippen LogP contribution in [-0.4, -0.2) is 29.3 Å². The lowest BCUT2D eigenvalue weighted by Gasteiger charge is -2.08. The molecule has 1 aromatic carbocycles. The maximum Gasteiger partial charge on any atom is 0.286 e. The van der Waals surface area contributed by atoms with Crippen molar-refractivity contribution in [1.82, 2.24) is 21.2 Å². The van der Waals surface area contributed by atoms with Gasteiger partial charge in [0.1, 0.15) is 5.69 Å². The molecule has 9 heteroatoms. The molecule has 0 spiro atoms. The van der Waals surface area contributed by atoms with Gasteiger partial charge >= 0.3 is 0 Å². The molecule has 0 radical (unpaired) electrons. The van der Waals surface area contributed by atoms with Crippen molar-refractivity contribution in [2.75, 3.05) is 6.54 Å². The normalized spacial score (nSPS) is 10.0. The lowest BCUT2D eigenvalue weighted by atomic mass is 10.2. The van der Waals surface area contributed by atoms with Crippen LogP contribution in [0.15, 0.2) is 36.5 Å². The number of hydrogen-bond acceptors (Lipinski definition) is 3. The van der Waals surface area contributed by atoms with Crippen LogP contribution in [-0.2, 0) is 4.79 Å². The van der Waals surface area contributed by atoms with Crippen LogP contribution >= 0.6 is 23.2 Å². The molecule has 1 aromatic heterocycles. The zero-order valence-corrected chi connectivity index (χ0v) is 13.2. The molecule has 2 aromatic rings. The third-order valence-corrected chi connectivity index (χ3v) is 3.49. The second-order valence-corrected chi connectivity index (χ2v) is 5.21. The van der Waals surface area contributed by atoms with E-state index in [0.29, 0.717) is 10.7 Å². The highest BCUT2D eigenvalue weighted by Gasteiger charge is 2.11. The average Bonchev–Trinajstić information content (AvgIpc) is 3.07. The predicted molar refractivity (Wildman–Crippen MR) is 85.2 cm³/mol. The Balaban J connectivity index is 1.78. The summed E-state index contributed by atoms with van der Waals surface area (Å²) in [7, 11) is 0. The Morgan fingerprint density at radius 1 is 1.00 bits per heavy atom. The van der Waals surface area contributed by atoms with Crippen LogP contribution in [0.25, 0.3) is 0 Å². The average molecular weight is 355 g/mol. The topological polar surface area (TPSA) is 103 Å². The molecule has 3 amide bonds. The monoisotopic (exact) mass is 354 g/mol. The summed E-state index contributed by atoms with van der Waals surface area (Å²) in [4.78, 5) is 37.7. The maximum absolute atomic E-state index is 11.9. The number of carbonyl (C=O) groups is 3. The molecule has 0 aliphatic rings. The third kappa shape index (κ3) is 4.73. The van der Waals surface area contributed by atoms with Crippen molar-refractivity contribution < 1.29 is 14.4 Å². The van der Waals surface area contributed by atoms with E-state index in [1.54, 1.807) is 18.3 Å². The van der Waals surface area contributed by atoms with Crippen molar-refractivity contribution in [2.24, 2.45) is 0 Å². The van der Waals surface area contributed by atoms with E-state index in [4.69, 9.17) is 23.2 Å². The fourth-order valence-electron chi connectivity index (χ4n) is 1.61. The summed E-state index contributed by atoms with van der Waals surface area (Å²) < 4.78 is 0. The van der Waals surface area contributed by atoms with Crippen molar-refractivity contribution >= 4 is 40.9 Å². The van der Waals surface area contributed by atoms with E-state index in [-0.39, 0.29) is 17.1 Å². The van der Waals surface area contributed by atoms with Crippen LogP contribution in [0.2, 0.25) is 10.0 Å². The molecule has 0 saturated heterocycles. The van der Waals surface area contributed by atoms with Gasteiger partial charge in [0.25, 0.3) is 17.7 Å². The summed E-state index contributed by atoms with van der Waals surface area (Å²) in [5, 5.41) is 2.96. The van der Waals surface area contributed by atoms with Crippen molar-refractivity contribution in [3.05, 3.63) is 57.8 Å². The summed E-state index contributed by atoms with van der Waals surface area (Å²) in [5.74, 6) is -1.58. The van der Waals surface area contributed by atoms with Gasteiger partial charge in [-0.2, -0.15) is 0 Å². The molecule has 0 fully saturated rings. The van der Waals surface area contributed by atoms with Gasteiger partial charge in [-0.15, -0.1) is 0 Å². The quantitative estimate of drug-likeness (QED) is 0.625. The fourth-order valence-corrected chi connectivity index (χ4v) is 1.91. The van der Waals surface area contributed by atoms with Crippen LogP contribution in [0.1, 0.15) is 20.8 Å². The zero-order chi connectivity index (χ0) is 16.8. The predicted octanol–water partition coefficient (Wildman–Crippen LogP) is 1.51. The molecule has 4 N–H and O–H groups in total. The molecule has 0 aliphatic heterocycles. The Labute approximate surface area is 141 Å². The molecule has 0 atom stereocenters. The molecule has 0 saturated carbocycles. The first-order chi connectivity index (χ1) is 11.0. The number of carbonyl (C=O) groups excluding carboxylic acids is 3. The molecule has 0 bridgehead atoms. The number of aromatic amines is 1. The zero-order valence-electron chi connectivity index (χ0n) is 11.7. The Morgan fingerprint density at radius 2 is 1.78 bits per heavy atom.